The Kier molecular flexibility index (Phi) is 9.75. The summed E-state index contributed by atoms with van der Waals surface area (Å²) >= 11 is 7.12. The molecule has 0 aliphatic rings. The summed E-state index contributed by atoms with van der Waals surface area (Å²) in [6.07, 6.45) is 0. The van der Waals surface area contributed by atoms with Crippen LogP contribution in [-0.2, 0) is 0 Å². The summed E-state index contributed by atoms with van der Waals surface area (Å²) in [7, 11) is 0. The van der Waals surface area contributed by atoms with Crippen molar-refractivity contribution in [2.45, 2.75) is 0 Å². The quantitative estimate of drug-likeness (QED) is 0.110. The van der Waals surface area contributed by atoms with Crippen molar-refractivity contribution < 1.29 is 0 Å². The first-order chi connectivity index (χ1) is 24.8. The van der Waals surface area contributed by atoms with Crippen molar-refractivity contribution in [2.24, 2.45) is 0 Å². The predicted octanol–water partition coefficient (Wildman–Crippen LogP) is 13.5. The van der Waals surface area contributed by atoms with E-state index in [9.17, 15) is 0 Å². The van der Waals surface area contributed by atoms with Crippen LogP contribution in [0.15, 0.2) is 179 Å². The topological polar surface area (TPSA) is 13.0 Å². The highest BCUT2D eigenvalue weighted by molar-refractivity contribution is 7.17. The number of hydrogen-bond acceptors (Lipinski definition) is 8. The minimum absolute atomic E-state index is 0.654. The van der Waals surface area contributed by atoms with Crippen LogP contribution >= 0.6 is 45.3 Å². The van der Waals surface area contributed by atoms with E-state index in [2.05, 4.69) is 199 Å². The molecule has 8 rings (SSSR count). The van der Waals surface area contributed by atoms with Gasteiger partial charge in [-0.15, -0.1) is 45.3 Å². The lowest BCUT2D eigenvalue weighted by Gasteiger charge is -2.34. The Hall–Kier alpha value is -5.12. The summed E-state index contributed by atoms with van der Waals surface area (Å²) in [6, 6.07) is 56.2. The first-order valence-electron chi connectivity index (χ1n) is 16.3. The molecule has 0 saturated carbocycles. The molecule has 50 heavy (non-hydrogen) atoms. The second kappa shape index (κ2) is 15.2. The van der Waals surface area contributed by atoms with Crippen molar-refractivity contribution in [3.05, 3.63) is 179 Å². The van der Waals surface area contributed by atoms with Gasteiger partial charge in [-0.2, -0.15) is 0 Å². The van der Waals surface area contributed by atoms with Gasteiger partial charge in [0.05, 0.1) is 26.7 Å². The molecule has 0 amide bonds. The number of benzene rings is 4. The molecule has 0 fully saturated rings. The van der Waals surface area contributed by atoms with Gasteiger partial charge < -0.3 is 19.6 Å². The lowest BCUT2D eigenvalue weighted by atomic mass is 10.1. The molecule has 4 aromatic heterocycles. The van der Waals surface area contributed by atoms with Gasteiger partial charge in [-0.25, -0.2) is 0 Å². The largest absolute Gasteiger partial charge is 0.323 e. The average Bonchev–Trinajstić information content (AvgIpc) is 4.03. The predicted molar refractivity (Wildman–Crippen MR) is 220 cm³/mol. The fourth-order valence-corrected chi connectivity index (χ4v) is 9.21. The Labute approximate surface area is 309 Å². The van der Waals surface area contributed by atoms with Crippen LogP contribution in [0.5, 0.6) is 0 Å². The highest BCUT2D eigenvalue weighted by Gasteiger charge is 2.21. The highest BCUT2D eigenvalue weighted by Crippen LogP contribution is 2.41. The van der Waals surface area contributed by atoms with Gasteiger partial charge in [0.15, 0.2) is 0 Å². The van der Waals surface area contributed by atoms with Gasteiger partial charge in [0.2, 0.25) is 0 Å². The zero-order valence-corrected chi connectivity index (χ0v) is 30.4. The van der Waals surface area contributed by atoms with Crippen molar-refractivity contribution in [1.82, 2.24) is 0 Å². The molecule has 0 spiro atoms. The Morgan fingerprint density at radius 1 is 0.320 bits per heavy atom. The first kappa shape index (κ1) is 32.1. The first-order valence-corrected chi connectivity index (χ1v) is 19.9. The molecule has 0 aliphatic heterocycles. The third kappa shape index (κ3) is 7.11. The smallest absolute Gasteiger partial charge is 0.103 e. The van der Waals surface area contributed by atoms with Crippen LogP contribution in [-0.4, -0.2) is 13.3 Å². The van der Waals surface area contributed by atoms with E-state index in [1.54, 1.807) is 45.3 Å². The maximum Gasteiger partial charge on any atom is 0.103 e. The number of anilines is 8. The molecule has 0 N–H and O–H groups in total. The van der Waals surface area contributed by atoms with Gasteiger partial charge in [-0.05, 0) is 118 Å². The van der Waals surface area contributed by atoms with Crippen molar-refractivity contribution >= 4 is 88.1 Å². The van der Waals surface area contributed by atoms with E-state index in [1.165, 1.54) is 31.1 Å². The highest BCUT2D eigenvalue weighted by atomic mass is 32.1. The van der Waals surface area contributed by atoms with Gasteiger partial charge in [-0.3, -0.25) is 0 Å². The van der Waals surface area contributed by atoms with Crippen LogP contribution < -0.4 is 19.6 Å². The molecule has 0 unspecified atom stereocenters. The number of hydrogen-bond donors (Lipinski definition) is 0. The third-order valence-corrected chi connectivity index (χ3v) is 12.1. The molecular weight excluding hydrogens is 689 g/mol. The number of nitrogens with zero attached hydrogens (tertiary/aromatic N) is 4. The van der Waals surface area contributed by atoms with Gasteiger partial charge in [0.25, 0.3) is 0 Å². The summed E-state index contributed by atoms with van der Waals surface area (Å²) in [5.41, 5.74) is 6.99. The van der Waals surface area contributed by atoms with E-state index in [4.69, 9.17) is 0 Å². The summed E-state index contributed by atoms with van der Waals surface area (Å²) in [4.78, 5) is 9.59. The molecule has 4 aromatic carbocycles. The molecule has 4 heterocycles. The van der Waals surface area contributed by atoms with Crippen LogP contribution in [0.1, 0.15) is 0 Å². The second-order valence-electron chi connectivity index (χ2n) is 11.6. The molecule has 0 atom stereocenters. The van der Waals surface area contributed by atoms with Crippen molar-refractivity contribution in [3.8, 4) is 11.1 Å². The minimum atomic E-state index is 0.654. The molecule has 0 saturated heterocycles. The van der Waals surface area contributed by atoms with Crippen molar-refractivity contribution in [2.75, 3.05) is 32.9 Å². The molecule has 246 valence electrons. The Bertz CT molecular complexity index is 2090. The summed E-state index contributed by atoms with van der Waals surface area (Å²) in [5, 5.41) is 13.7. The number of para-hydroxylation sites is 3. The fourth-order valence-electron chi connectivity index (χ4n) is 5.95. The van der Waals surface area contributed by atoms with Crippen LogP contribution in [0.25, 0.3) is 11.1 Å². The fraction of sp³-hybridized carbons (Fsp3) is 0.0476. The summed E-state index contributed by atoms with van der Waals surface area (Å²) in [6.45, 7) is 1.38. The maximum atomic E-state index is 2.44. The molecule has 0 bridgehead atoms. The number of thiophene rings is 4. The monoisotopic (exact) mass is 722 g/mol. The Morgan fingerprint density at radius 3 is 1.14 bits per heavy atom. The normalized spacial score (nSPS) is 11.0. The van der Waals surface area contributed by atoms with Crippen LogP contribution in [0.3, 0.4) is 0 Å². The number of rotatable bonds is 13. The van der Waals surface area contributed by atoms with Gasteiger partial charge in [0, 0.05) is 28.1 Å². The third-order valence-electron chi connectivity index (χ3n) is 8.45. The van der Waals surface area contributed by atoms with Gasteiger partial charge in [0.1, 0.15) is 6.67 Å². The lowest BCUT2D eigenvalue weighted by Crippen LogP contribution is -2.32. The second-order valence-corrected chi connectivity index (χ2v) is 15.2. The SMILES string of the molecule is c1ccc(N(CN(c2ccccc2)c2ccc(-c3csc(N(CN(c4cccs4)c4cccs4)c4cccs4)c3)cc2)c2ccccc2)cc1. The minimum Gasteiger partial charge on any atom is -0.323 e. The van der Waals surface area contributed by atoms with E-state index in [1.807, 2.05) is 0 Å². The summed E-state index contributed by atoms with van der Waals surface area (Å²) < 4.78 is 0. The Morgan fingerprint density at radius 2 is 0.720 bits per heavy atom. The standard InChI is InChI=1S/C42H34N4S4/c1-4-13-35(14-5-1)43(36-15-6-2-7-16-36)31-44(37-17-8-3-9-18-37)38-24-22-33(23-25-38)34-29-42(50-30-34)46(41-21-12-28-49-41)32-45(39-19-10-26-47-39)40-20-11-27-48-40/h1-30H,31-32H2. The van der Waals surface area contributed by atoms with E-state index < -0.39 is 0 Å². The molecule has 8 aromatic rings. The van der Waals surface area contributed by atoms with E-state index in [-0.39, 0.29) is 0 Å². The Balaban J connectivity index is 1.09. The van der Waals surface area contributed by atoms with Crippen molar-refractivity contribution in [3.63, 3.8) is 0 Å². The van der Waals surface area contributed by atoms with Gasteiger partial charge in [-0.1, -0.05) is 66.7 Å². The average molecular weight is 723 g/mol. The molecule has 8 heteroatoms. The van der Waals surface area contributed by atoms with Crippen LogP contribution in [0, 0.1) is 0 Å². The van der Waals surface area contributed by atoms with Crippen molar-refractivity contribution in [1.29, 1.82) is 0 Å². The van der Waals surface area contributed by atoms with E-state index in [0.717, 1.165) is 29.4 Å². The molecule has 4 nitrogen and oxygen atoms in total. The molecule has 0 radical (unpaired) electrons. The van der Waals surface area contributed by atoms with E-state index >= 15 is 0 Å². The van der Waals surface area contributed by atoms with Crippen LogP contribution in [0.4, 0.5) is 42.8 Å². The molecule has 0 aliphatic carbocycles. The maximum absolute atomic E-state index is 2.44. The van der Waals surface area contributed by atoms with Crippen LogP contribution in [0.2, 0.25) is 0 Å². The van der Waals surface area contributed by atoms with Gasteiger partial charge >= 0.3 is 0 Å². The zero-order valence-electron chi connectivity index (χ0n) is 27.2. The summed E-state index contributed by atoms with van der Waals surface area (Å²) in [5.74, 6) is 0. The van der Waals surface area contributed by atoms with E-state index in [0.29, 0.717) is 6.67 Å². The lowest BCUT2D eigenvalue weighted by molar-refractivity contribution is 0.926. The molecular formula is C42H34N4S4. The zero-order chi connectivity index (χ0) is 33.5.